The molecule has 1 saturated heterocycles. The van der Waals surface area contributed by atoms with Gasteiger partial charge in [-0.1, -0.05) is 29.8 Å². The maximum absolute atomic E-state index is 12.3. The molecular weight excluding hydrogens is 264 g/mol. The highest BCUT2D eigenvalue weighted by Gasteiger charge is 2.24. The van der Waals surface area contributed by atoms with Gasteiger partial charge in [0.2, 0.25) is 5.91 Å². The van der Waals surface area contributed by atoms with Gasteiger partial charge in [-0.15, -0.1) is 0 Å². The number of carbonyl (C=O) groups excluding carboxylic acids is 1. The minimum atomic E-state index is -0.454. The van der Waals surface area contributed by atoms with Crippen LogP contribution < -0.4 is 5.73 Å². The first-order valence-electron chi connectivity index (χ1n) is 7.78. The number of hydrogen-bond acceptors (Lipinski definition) is 3. The molecule has 0 bridgehead atoms. The van der Waals surface area contributed by atoms with E-state index in [4.69, 9.17) is 10.5 Å². The van der Waals surface area contributed by atoms with Crippen molar-refractivity contribution in [3.63, 3.8) is 0 Å². The number of carbonyl (C=O) groups is 1. The van der Waals surface area contributed by atoms with E-state index in [1.165, 1.54) is 11.1 Å². The average molecular weight is 290 g/mol. The minimum Gasteiger partial charge on any atom is -0.376 e. The molecular formula is C17H26N2O2. The Kier molecular flexibility index (Phi) is 5.76. The van der Waals surface area contributed by atoms with Gasteiger partial charge in [-0.2, -0.15) is 0 Å². The molecule has 0 saturated carbocycles. The molecule has 1 aromatic carbocycles. The van der Waals surface area contributed by atoms with Gasteiger partial charge in [0.1, 0.15) is 0 Å². The number of amides is 1. The van der Waals surface area contributed by atoms with Crippen LogP contribution in [0, 0.1) is 6.92 Å². The SMILES string of the molecule is Cc1ccc(CCN(CC2CCCO2)C(=O)[C@H](C)N)cc1. The van der Waals surface area contributed by atoms with E-state index < -0.39 is 6.04 Å². The van der Waals surface area contributed by atoms with Crippen molar-refractivity contribution in [1.29, 1.82) is 0 Å². The van der Waals surface area contributed by atoms with E-state index in [0.29, 0.717) is 13.1 Å². The first kappa shape index (κ1) is 16.0. The summed E-state index contributed by atoms with van der Waals surface area (Å²) in [7, 11) is 0. The van der Waals surface area contributed by atoms with Crippen LogP contribution in [0.15, 0.2) is 24.3 Å². The number of aryl methyl sites for hydroxylation is 1. The molecule has 2 N–H and O–H groups in total. The van der Waals surface area contributed by atoms with Crippen molar-refractivity contribution < 1.29 is 9.53 Å². The fraction of sp³-hybridized carbons (Fsp3) is 0.588. The van der Waals surface area contributed by atoms with Crippen molar-refractivity contribution in [2.45, 2.75) is 45.3 Å². The van der Waals surface area contributed by atoms with Crippen LogP contribution in [0.4, 0.5) is 0 Å². The van der Waals surface area contributed by atoms with E-state index in [0.717, 1.165) is 25.9 Å². The summed E-state index contributed by atoms with van der Waals surface area (Å²) in [6.07, 6.45) is 3.15. The van der Waals surface area contributed by atoms with Gasteiger partial charge in [-0.3, -0.25) is 4.79 Å². The summed E-state index contributed by atoms with van der Waals surface area (Å²) < 4.78 is 5.65. The zero-order valence-electron chi connectivity index (χ0n) is 13.0. The van der Waals surface area contributed by atoms with Crippen molar-refractivity contribution >= 4 is 5.91 Å². The van der Waals surface area contributed by atoms with Crippen LogP contribution in [0.2, 0.25) is 0 Å². The van der Waals surface area contributed by atoms with E-state index in [1.807, 2.05) is 4.90 Å². The van der Waals surface area contributed by atoms with Crippen LogP contribution in [0.3, 0.4) is 0 Å². The molecule has 21 heavy (non-hydrogen) atoms. The maximum atomic E-state index is 12.3. The molecule has 0 radical (unpaired) electrons. The number of benzene rings is 1. The Morgan fingerprint density at radius 3 is 2.71 bits per heavy atom. The molecule has 1 unspecified atom stereocenters. The van der Waals surface area contributed by atoms with Crippen LogP contribution >= 0.6 is 0 Å². The van der Waals surface area contributed by atoms with Crippen LogP contribution in [0.1, 0.15) is 30.9 Å². The lowest BCUT2D eigenvalue weighted by Crippen LogP contribution is -2.46. The van der Waals surface area contributed by atoms with Crippen LogP contribution in [-0.4, -0.2) is 42.6 Å². The number of nitrogens with zero attached hydrogens (tertiary/aromatic N) is 1. The van der Waals surface area contributed by atoms with Crippen molar-refractivity contribution in [1.82, 2.24) is 4.90 Å². The fourth-order valence-electron chi connectivity index (χ4n) is 2.63. The van der Waals surface area contributed by atoms with Gasteiger partial charge in [0.15, 0.2) is 0 Å². The summed E-state index contributed by atoms with van der Waals surface area (Å²) in [4.78, 5) is 14.1. The van der Waals surface area contributed by atoms with E-state index in [2.05, 4.69) is 31.2 Å². The number of ether oxygens (including phenoxy) is 1. The highest BCUT2D eigenvalue weighted by Crippen LogP contribution is 2.14. The van der Waals surface area contributed by atoms with Crippen molar-refractivity contribution in [3.8, 4) is 0 Å². The Hall–Kier alpha value is -1.39. The second-order valence-corrected chi connectivity index (χ2v) is 5.94. The Balaban J connectivity index is 1.94. The molecule has 116 valence electrons. The largest absolute Gasteiger partial charge is 0.376 e. The van der Waals surface area contributed by atoms with Crippen molar-refractivity contribution in [3.05, 3.63) is 35.4 Å². The summed E-state index contributed by atoms with van der Waals surface area (Å²) in [5.41, 5.74) is 8.27. The lowest BCUT2D eigenvalue weighted by molar-refractivity contribution is -0.133. The molecule has 2 atom stereocenters. The predicted molar refractivity (Wildman–Crippen MR) is 84.1 cm³/mol. The lowest BCUT2D eigenvalue weighted by atomic mass is 10.1. The molecule has 4 heteroatoms. The molecule has 1 aliphatic heterocycles. The third-order valence-electron chi connectivity index (χ3n) is 3.94. The Morgan fingerprint density at radius 2 is 2.14 bits per heavy atom. The zero-order chi connectivity index (χ0) is 15.2. The zero-order valence-corrected chi connectivity index (χ0v) is 13.0. The third-order valence-corrected chi connectivity index (χ3v) is 3.94. The molecule has 1 amide bonds. The molecule has 2 rings (SSSR count). The average Bonchev–Trinajstić information content (AvgIpc) is 2.97. The van der Waals surface area contributed by atoms with Gasteiger partial charge in [-0.25, -0.2) is 0 Å². The first-order chi connectivity index (χ1) is 10.1. The first-order valence-corrected chi connectivity index (χ1v) is 7.78. The summed E-state index contributed by atoms with van der Waals surface area (Å²) in [5, 5.41) is 0. The topological polar surface area (TPSA) is 55.6 Å². The Morgan fingerprint density at radius 1 is 1.43 bits per heavy atom. The van der Waals surface area contributed by atoms with Crippen LogP contribution in [0.25, 0.3) is 0 Å². The second kappa shape index (κ2) is 7.57. The van der Waals surface area contributed by atoms with Gasteiger partial charge in [-0.05, 0) is 38.7 Å². The molecule has 1 aliphatic rings. The quantitative estimate of drug-likeness (QED) is 0.870. The second-order valence-electron chi connectivity index (χ2n) is 5.94. The van der Waals surface area contributed by atoms with Crippen molar-refractivity contribution in [2.75, 3.05) is 19.7 Å². The normalized spacial score (nSPS) is 19.5. The standard InChI is InChI=1S/C17H26N2O2/c1-13-5-7-15(8-6-13)9-10-19(17(20)14(2)18)12-16-4-3-11-21-16/h5-8,14,16H,3-4,9-12,18H2,1-2H3/t14-,16?/m0/s1. The van der Waals surface area contributed by atoms with Crippen molar-refractivity contribution in [2.24, 2.45) is 5.73 Å². The highest BCUT2D eigenvalue weighted by molar-refractivity contribution is 5.81. The minimum absolute atomic E-state index is 0.0117. The molecule has 1 aromatic rings. The molecule has 1 heterocycles. The summed E-state index contributed by atoms with van der Waals surface area (Å²) in [5.74, 6) is 0.0117. The summed E-state index contributed by atoms with van der Waals surface area (Å²) in [6, 6.07) is 8.00. The number of hydrogen-bond donors (Lipinski definition) is 1. The highest BCUT2D eigenvalue weighted by atomic mass is 16.5. The van der Waals surface area contributed by atoms with Gasteiger partial charge in [0.05, 0.1) is 12.1 Å². The van der Waals surface area contributed by atoms with E-state index in [-0.39, 0.29) is 12.0 Å². The van der Waals surface area contributed by atoms with Crippen LogP contribution in [-0.2, 0) is 16.0 Å². The van der Waals surface area contributed by atoms with E-state index >= 15 is 0 Å². The Labute approximate surface area is 127 Å². The third kappa shape index (κ3) is 4.83. The monoisotopic (exact) mass is 290 g/mol. The molecule has 0 aromatic heterocycles. The number of nitrogens with two attached hydrogens (primary N) is 1. The fourth-order valence-corrected chi connectivity index (χ4v) is 2.63. The van der Waals surface area contributed by atoms with Gasteiger partial charge in [0, 0.05) is 19.7 Å². The molecule has 0 aliphatic carbocycles. The van der Waals surface area contributed by atoms with Gasteiger partial charge < -0.3 is 15.4 Å². The summed E-state index contributed by atoms with van der Waals surface area (Å²) >= 11 is 0. The molecule has 1 fully saturated rings. The van der Waals surface area contributed by atoms with E-state index in [1.54, 1.807) is 6.92 Å². The predicted octanol–water partition coefficient (Wildman–Crippen LogP) is 1.89. The maximum Gasteiger partial charge on any atom is 0.239 e. The number of rotatable bonds is 6. The van der Waals surface area contributed by atoms with E-state index in [9.17, 15) is 4.79 Å². The van der Waals surface area contributed by atoms with Gasteiger partial charge in [0.25, 0.3) is 0 Å². The Bertz CT molecular complexity index is 450. The van der Waals surface area contributed by atoms with Crippen LogP contribution in [0.5, 0.6) is 0 Å². The smallest absolute Gasteiger partial charge is 0.239 e. The lowest BCUT2D eigenvalue weighted by Gasteiger charge is -2.27. The molecule has 4 nitrogen and oxygen atoms in total. The molecule has 0 spiro atoms. The van der Waals surface area contributed by atoms with Gasteiger partial charge >= 0.3 is 0 Å². The summed E-state index contributed by atoms with van der Waals surface area (Å²) in [6.45, 7) is 5.99.